The summed E-state index contributed by atoms with van der Waals surface area (Å²) in [4.78, 5) is 0.265. The molecule has 0 aliphatic rings. The van der Waals surface area contributed by atoms with Crippen LogP contribution in [0.3, 0.4) is 0 Å². The van der Waals surface area contributed by atoms with Crippen LogP contribution < -0.4 is 5.73 Å². The first-order valence-electron chi connectivity index (χ1n) is 6.75. The van der Waals surface area contributed by atoms with Gasteiger partial charge in [0, 0.05) is 28.9 Å². The van der Waals surface area contributed by atoms with Crippen molar-refractivity contribution in [3.63, 3.8) is 0 Å². The molecule has 1 rings (SSSR count). The van der Waals surface area contributed by atoms with E-state index in [-0.39, 0.29) is 16.4 Å². The molecule has 0 radical (unpaired) electrons. The summed E-state index contributed by atoms with van der Waals surface area (Å²) in [5, 5.41) is 0. The van der Waals surface area contributed by atoms with Crippen LogP contribution in [0.4, 0.5) is 0 Å². The minimum absolute atomic E-state index is 0.0793. The fourth-order valence-electron chi connectivity index (χ4n) is 1.70. The molecule has 0 spiro atoms. The van der Waals surface area contributed by atoms with Crippen LogP contribution in [-0.2, 0) is 27.2 Å². The van der Waals surface area contributed by atoms with Crippen molar-refractivity contribution >= 4 is 20.6 Å². The monoisotopic (exact) mass is 317 g/mol. The quantitative estimate of drug-likeness (QED) is 0.792. The highest BCUT2D eigenvalue weighted by molar-refractivity contribution is 7.93. The normalized spacial score (nSPS) is 14.9. The Bertz CT molecular complexity index is 555. The maximum atomic E-state index is 12.2. The zero-order chi connectivity index (χ0) is 15.2. The van der Waals surface area contributed by atoms with Gasteiger partial charge in [0.1, 0.15) is 0 Å². The fourth-order valence-corrected chi connectivity index (χ4v) is 5.22. The van der Waals surface area contributed by atoms with E-state index in [0.717, 1.165) is 12.0 Å². The predicted molar refractivity (Wildman–Crippen MR) is 83.7 cm³/mol. The standard InChI is InChI=1S/C14H23NO3S2/c1-3-12(2)11-19(16)7-8-20(17,18)14-6-4-5-13(9-14)10-15/h4-6,9,12H,3,7-8,10-11,15H2,1-2H3. The lowest BCUT2D eigenvalue weighted by Gasteiger charge is -2.09. The van der Waals surface area contributed by atoms with Gasteiger partial charge in [-0.25, -0.2) is 8.42 Å². The lowest BCUT2D eigenvalue weighted by Crippen LogP contribution is -2.18. The molecule has 1 aromatic rings. The summed E-state index contributed by atoms with van der Waals surface area (Å²) >= 11 is 0. The van der Waals surface area contributed by atoms with Gasteiger partial charge in [-0.3, -0.25) is 4.21 Å². The van der Waals surface area contributed by atoms with Crippen LogP contribution in [0.15, 0.2) is 29.2 Å². The first-order chi connectivity index (χ1) is 9.39. The van der Waals surface area contributed by atoms with Gasteiger partial charge in [0.2, 0.25) is 0 Å². The minimum Gasteiger partial charge on any atom is -0.326 e. The highest BCUT2D eigenvalue weighted by Gasteiger charge is 2.17. The molecule has 0 aliphatic heterocycles. The number of nitrogens with two attached hydrogens (primary N) is 1. The van der Waals surface area contributed by atoms with Crippen LogP contribution in [0.1, 0.15) is 25.8 Å². The van der Waals surface area contributed by atoms with Crippen molar-refractivity contribution in [2.75, 3.05) is 17.3 Å². The highest BCUT2D eigenvalue weighted by Crippen LogP contribution is 2.14. The summed E-state index contributed by atoms with van der Waals surface area (Å²) in [6, 6.07) is 6.63. The number of hydrogen-bond donors (Lipinski definition) is 1. The lowest BCUT2D eigenvalue weighted by molar-refractivity contribution is 0.595. The third-order valence-corrected chi connectivity index (χ3v) is 6.81. The Balaban J connectivity index is 2.68. The van der Waals surface area contributed by atoms with Crippen molar-refractivity contribution < 1.29 is 12.6 Å². The molecule has 2 unspecified atom stereocenters. The molecule has 114 valence electrons. The van der Waals surface area contributed by atoms with Crippen LogP contribution in [0.25, 0.3) is 0 Å². The van der Waals surface area contributed by atoms with Gasteiger partial charge in [-0.05, 0) is 23.6 Å². The van der Waals surface area contributed by atoms with Crippen LogP contribution in [0.2, 0.25) is 0 Å². The molecule has 4 nitrogen and oxygen atoms in total. The summed E-state index contributed by atoms with van der Waals surface area (Å²) < 4.78 is 36.2. The Morgan fingerprint density at radius 1 is 1.35 bits per heavy atom. The largest absolute Gasteiger partial charge is 0.326 e. The van der Waals surface area contributed by atoms with E-state index in [0.29, 0.717) is 18.2 Å². The van der Waals surface area contributed by atoms with E-state index in [9.17, 15) is 12.6 Å². The second-order valence-corrected chi connectivity index (χ2v) is 8.72. The second-order valence-electron chi connectivity index (χ2n) is 4.99. The number of benzene rings is 1. The van der Waals surface area contributed by atoms with Gasteiger partial charge in [-0.15, -0.1) is 0 Å². The molecule has 0 heterocycles. The topological polar surface area (TPSA) is 77.2 Å². The van der Waals surface area contributed by atoms with Crippen molar-refractivity contribution in [2.45, 2.75) is 31.7 Å². The molecule has 0 saturated carbocycles. The molecule has 0 aliphatic carbocycles. The Labute approximate surface area is 124 Å². The summed E-state index contributed by atoms with van der Waals surface area (Å²) in [6.07, 6.45) is 0.955. The summed E-state index contributed by atoms with van der Waals surface area (Å²) in [5.41, 5.74) is 6.29. The van der Waals surface area contributed by atoms with Crippen LogP contribution in [0.5, 0.6) is 0 Å². The lowest BCUT2D eigenvalue weighted by atomic mass is 10.2. The molecule has 0 aromatic heterocycles. The van der Waals surface area contributed by atoms with E-state index in [4.69, 9.17) is 5.73 Å². The van der Waals surface area contributed by atoms with Crippen molar-refractivity contribution in [1.82, 2.24) is 0 Å². The number of sulfone groups is 1. The summed E-state index contributed by atoms with van der Waals surface area (Å²) in [6.45, 7) is 4.37. The molecule has 0 saturated heterocycles. The van der Waals surface area contributed by atoms with Gasteiger partial charge in [0.25, 0.3) is 0 Å². The number of rotatable bonds is 8. The molecule has 1 aromatic carbocycles. The van der Waals surface area contributed by atoms with Crippen LogP contribution >= 0.6 is 0 Å². The van der Waals surface area contributed by atoms with Gasteiger partial charge in [0.15, 0.2) is 9.84 Å². The second kappa shape index (κ2) is 7.90. The van der Waals surface area contributed by atoms with E-state index in [1.807, 2.05) is 13.8 Å². The van der Waals surface area contributed by atoms with E-state index in [1.54, 1.807) is 24.3 Å². The molecule has 0 fully saturated rings. The Hall–Kier alpha value is -0.720. The Kier molecular flexibility index (Phi) is 6.85. The van der Waals surface area contributed by atoms with E-state index < -0.39 is 20.6 Å². The molecule has 20 heavy (non-hydrogen) atoms. The zero-order valence-corrected chi connectivity index (χ0v) is 13.7. The molecule has 0 bridgehead atoms. The minimum atomic E-state index is -3.38. The zero-order valence-electron chi connectivity index (χ0n) is 12.0. The predicted octanol–water partition coefficient (Wildman–Crippen LogP) is 1.71. The van der Waals surface area contributed by atoms with E-state index >= 15 is 0 Å². The fraction of sp³-hybridized carbons (Fsp3) is 0.571. The van der Waals surface area contributed by atoms with E-state index in [2.05, 4.69) is 0 Å². The average Bonchev–Trinajstić information content (AvgIpc) is 2.45. The Morgan fingerprint density at radius 2 is 2.05 bits per heavy atom. The maximum absolute atomic E-state index is 12.2. The van der Waals surface area contributed by atoms with Crippen LogP contribution in [-0.4, -0.2) is 29.9 Å². The smallest absolute Gasteiger partial charge is 0.179 e. The molecular formula is C14H23NO3S2. The summed E-state index contributed by atoms with van der Waals surface area (Å²) in [5.74, 6) is 1.04. The van der Waals surface area contributed by atoms with Crippen molar-refractivity contribution in [2.24, 2.45) is 11.7 Å². The van der Waals surface area contributed by atoms with E-state index in [1.165, 1.54) is 0 Å². The molecular weight excluding hydrogens is 294 g/mol. The third-order valence-electron chi connectivity index (χ3n) is 3.24. The molecule has 6 heteroatoms. The third kappa shape index (κ3) is 5.34. The van der Waals surface area contributed by atoms with Crippen molar-refractivity contribution in [3.8, 4) is 0 Å². The SMILES string of the molecule is CCC(C)CS(=O)CCS(=O)(=O)c1cccc(CN)c1. The van der Waals surface area contributed by atoms with Gasteiger partial charge < -0.3 is 5.73 Å². The Morgan fingerprint density at radius 3 is 2.65 bits per heavy atom. The average molecular weight is 317 g/mol. The number of hydrogen-bond acceptors (Lipinski definition) is 4. The van der Waals surface area contributed by atoms with Crippen molar-refractivity contribution in [1.29, 1.82) is 0 Å². The molecule has 2 atom stereocenters. The van der Waals surface area contributed by atoms with Gasteiger partial charge in [0.05, 0.1) is 10.6 Å². The molecule has 2 N–H and O–H groups in total. The molecule has 0 amide bonds. The first-order valence-corrected chi connectivity index (χ1v) is 9.89. The van der Waals surface area contributed by atoms with Gasteiger partial charge in [-0.2, -0.15) is 0 Å². The van der Waals surface area contributed by atoms with Gasteiger partial charge >= 0.3 is 0 Å². The maximum Gasteiger partial charge on any atom is 0.179 e. The first kappa shape index (κ1) is 17.3. The summed E-state index contributed by atoms with van der Waals surface area (Å²) in [7, 11) is -4.46. The van der Waals surface area contributed by atoms with Gasteiger partial charge in [-0.1, -0.05) is 32.4 Å². The van der Waals surface area contributed by atoms with Crippen LogP contribution in [0, 0.1) is 5.92 Å². The highest BCUT2D eigenvalue weighted by atomic mass is 32.2. The van der Waals surface area contributed by atoms with Crippen molar-refractivity contribution in [3.05, 3.63) is 29.8 Å².